The van der Waals surface area contributed by atoms with Crippen molar-refractivity contribution in [3.63, 3.8) is 0 Å². The molecule has 0 amide bonds. The fourth-order valence-corrected chi connectivity index (χ4v) is 3.31. The highest BCUT2D eigenvalue weighted by Crippen LogP contribution is 2.35. The summed E-state index contributed by atoms with van der Waals surface area (Å²) in [6.07, 6.45) is 1.06. The molecular formula is C14H14Cl3NS. The molecule has 1 aromatic carbocycles. The molecule has 2 rings (SSSR count). The van der Waals surface area contributed by atoms with E-state index >= 15 is 0 Å². The Morgan fingerprint density at radius 1 is 1.11 bits per heavy atom. The van der Waals surface area contributed by atoms with Crippen LogP contribution in [0.3, 0.4) is 0 Å². The molecule has 0 saturated carbocycles. The van der Waals surface area contributed by atoms with E-state index in [0.29, 0.717) is 15.1 Å². The first kappa shape index (κ1) is 15.0. The summed E-state index contributed by atoms with van der Waals surface area (Å²) >= 11 is 19.9. The highest BCUT2D eigenvalue weighted by molar-refractivity contribution is 7.12. The minimum atomic E-state index is 0.181. The zero-order chi connectivity index (χ0) is 14.0. The van der Waals surface area contributed by atoms with Crippen molar-refractivity contribution in [2.75, 3.05) is 5.32 Å². The van der Waals surface area contributed by atoms with Gasteiger partial charge in [-0.15, -0.1) is 11.3 Å². The first-order chi connectivity index (χ1) is 9.01. The third-order valence-electron chi connectivity index (χ3n) is 2.84. The van der Waals surface area contributed by atoms with Gasteiger partial charge in [-0.2, -0.15) is 0 Å². The Balaban J connectivity index is 2.18. The maximum Gasteiger partial charge on any atom is 0.0653 e. The molecule has 0 spiro atoms. The maximum atomic E-state index is 6.16. The summed E-state index contributed by atoms with van der Waals surface area (Å²) < 4.78 is 0. The van der Waals surface area contributed by atoms with E-state index in [4.69, 9.17) is 34.8 Å². The molecule has 0 aliphatic carbocycles. The third kappa shape index (κ3) is 3.57. The Bertz CT molecular complexity index is 580. The number of halogens is 3. The second-order valence-corrected chi connectivity index (χ2v) is 6.69. The highest BCUT2D eigenvalue weighted by atomic mass is 35.5. The summed E-state index contributed by atoms with van der Waals surface area (Å²) in [6.45, 7) is 4.26. The van der Waals surface area contributed by atoms with Gasteiger partial charge in [-0.25, -0.2) is 0 Å². The van der Waals surface area contributed by atoms with E-state index in [1.807, 2.05) is 11.3 Å². The van der Waals surface area contributed by atoms with Crippen LogP contribution in [0.4, 0.5) is 5.69 Å². The average Bonchev–Trinajstić information content (AvgIpc) is 2.84. The quantitative estimate of drug-likeness (QED) is 0.634. The zero-order valence-corrected chi connectivity index (χ0v) is 13.7. The Hall–Kier alpha value is -0.410. The summed E-state index contributed by atoms with van der Waals surface area (Å²) in [4.78, 5) is 2.66. The lowest BCUT2D eigenvalue weighted by molar-refractivity contribution is 0.908. The number of benzene rings is 1. The molecule has 5 heteroatoms. The van der Waals surface area contributed by atoms with E-state index in [9.17, 15) is 0 Å². The van der Waals surface area contributed by atoms with E-state index in [1.165, 1.54) is 9.75 Å². The second-order valence-electron chi connectivity index (χ2n) is 4.27. The van der Waals surface area contributed by atoms with Crippen LogP contribution in [-0.2, 0) is 6.42 Å². The number of thiophene rings is 1. The SMILES string of the molecule is CCc1ccc(C(C)Nc2cc(Cl)c(Cl)cc2Cl)s1. The molecule has 0 aliphatic rings. The molecule has 1 nitrogen and oxygen atoms in total. The minimum Gasteiger partial charge on any atom is -0.376 e. The summed E-state index contributed by atoms with van der Waals surface area (Å²) in [5.41, 5.74) is 0.801. The van der Waals surface area contributed by atoms with Crippen molar-refractivity contribution in [1.82, 2.24) is 0 Å². The van der Waals surface area contributed by atoms with Gasteiger partial charge in [0.15, 0.2) is 0 Å². The molecule has 19 heavy (non-hydrogen) atoms. The van der Waals surface area contributed by atoms with E-state index in [-0.39, 0.29) is 6.04 Å². The summed E-state index contributed by atoms with van der Waals surface area (Å²) in [5.74, 6) is 0. The van der Waals surface area contributed by atoms with Crippen LogP contribution in [0.15, 0.2) is 24.3 Å². The number of hydrogen-bond acceptors (Lipinski definition) is 2. The van der Waals surface area contributed by atoms with Crippen LogP contribution in [0.25, 0.3) is 0 Å². The minimum absolute atomic E-state index is 0.181. The topological polar surface area (TPSA) is 12.0 Å². The van der Waals surface area contributed by atoms with Gasteiger partial charge in [0.25, 0.3) is 0 Å². The predicted octanol–water partition coefficient (Wildman–Crippen LogP) is 6.44. The molecule has 0 radical (unpaired) electrons. The van der Waals surface area contributed by atoms with Crippen LogP contribution in [0.5, 0.6) is 0 Å². The van der Waals surface area contributed by atoms with Gasteiger partial charge in [0.2, 0.25) is 0 Å². The molecular weight excluding hydrogens is 321 g/mol. The van der Waals surface area contributed by atoms with Crippen molar-refractivity contribution in [2.45, 2.75) is 26.3 Å². The summed E-state index contributed by atoms with van der Waals surface area (Å²) in [6, 6.07) is 7.91. The molecule has 1 atom stereocenters. The normalized spacial score (nSPS) is 12.5. The largest absolute Gasteiger partial charge is 0.376 e. The molecule has 0 bridgehead atoms. The highest BCUT2D eigenvalue weighted by Gasteiger charge is 2.12. The molecule has 0 fully saturated rings. The molecule has 0 saturated heterocycles. The molecule has 1 unspecified atom stereocenters. The van der Waals surface area contributed by atoms with Crippen molar-refractivity contribution in [3.8, 4) is 0 Å². The molecule has 1 aromatic heterocycles. The first-order valence-electron chi connectivity index (χ1n) is 6.01. The standard InChI is InChI=1S/C14H14Cl3NS/c1-3-9-4-5-14(19-9)8(2)18-13-7-11(16)10(15)6-12(13)17/h4-8,18H,3H2,1-2H3. The van der Waals surface area contributed by atoms with Crippen molar-refractivity contribution >= 4 is 51.8 Å². The molecule has 102 valence electrons. The van der Waals surface area contributed by atoms with E-state index < -0.39 is 0 Å². The van der Waals surface area contributed by atoms with Crippen molar-refractivity contribution in [3.05, 3.63) is 49.1 Å². The lowest BCUT2D eigenvalue weighted by Crippen LogP contribution is -2.05. The van der Waals surface area contributed by atoms with Crippen molar-refractivity contribution < 1.29 is 0 Å². The van der Waals surface area contributed by atoms with Gasteiger partial charge in [0, 0.05) is 9.75 Å². The number of rotatable bonds is 4. The van der Waals surface area contributed by atoms with Crippen LogP contribution in [0.1, 0.15) is 29.6 Å². The Kier molecular flexibility index (Phi) is 5.02. The molecule has 1 heterocycles. The monoisotopic (exact) mass is 333 g/mol. The van der Waals surface area contributed by atoms with Gasteiger partial charge in [-0.3, -0.25) is 0 Å². The van der Waals surface area contributed by atoms with Gasteiger partial charge < -0.3 is 5.32 Å². The first-order valence-corrected chi connectivity index (χ1v) is 7.96. The Morgan fingerprint density at radius 3 is 2.42 bits per heavy atom. The van der Waals surface area contributed by atoms with Gasteiger partial charge in [-0.05, 0) is 37.6 Å². The smallest absolute Gasteiger partial charge is 0.0653 e. The van der Waals surface area contributed by atoms with Crippen LogP contribution in [-0.4, -0.2) is 0 Å². The van der Waals surface area contributed by atoms with Crippen LogP contribution >= 0.6 is 46.1 Å². The molecule has 0 aliphatic heterocycles. The lowest BCUT2D eigenvalue weighted by Gasteiger charge is -2.15. The van der Waals surface area contributed by atoms with E-state index in [0.717, 1.165) is 12.1 Å². The second kappa shape index (κ2) is 6.36. The van der Waals surface area contributed by atoms with Crippen LogP contribution < -0.4 is 5.32 Å². The number of anilines is 1. The van der Waals surface area contributed by atoms with Crippen molar-refractivity contribution in [2.24, 2.45) is 0 Å². The average molecular weight is 335 g/mol. The number of aryl methyl sites for hydroxylation is 1. The van der Waals surface area contributed by atoms with Gasteiger partial charge in [0.05, 0.1) is 26.8 Å². The van der Waals surface area contributed by atoms with Crippen LogP contribution in [0.2, 0.25) is 15.1 Å². The van der Waals surface area contributed by atoms with Crippen LogP contribution in [0, 0.1) is 0 Å². The fraction of sp³-hybridized carbons (Fsp3) is 0.286. The van der Waals surface area contributed by atoms with E-state index in [2.05, 4.69) is 31.3 Å². The van der Waals surface area contributed by atoms with Gasteiger partial charge in [0.1, 0.15) is 0 Å². The molecule has 2 aromatic rings. The number of hydrogen-bond donors (Lipinski definition) is 1. The Labute approximate surface area is 132 Å². The maximum absolute atomic E-state index is 6.16. The Morgan fingerprint density at radius 2 is 1.79 bits per heavy atom. The predicted molar refractivity (Wildman–Crippen MR) is 87.2 cm³/mol. The third-order valence-corrected chi connectivity index (χ3v) is 5.29. The van der Waals surface area contributed by atoms with Gasteiger partial charge >= 0.3 is 0 Å². The fourth-order valence-electron chi connectivity index (χ4n) is 1.75. The lowest BCUT2D eigenvalue weighted by atomic mass is 10.2. The van der Waals surface area contributed by atoms with E-state index in [1.54, 1.807) is 12.1 Å². The molecule has 1 N–H and O–H groups in total. The van der Waals surface area contributed by atoms with Crippen molar-refractivity contribution in [1.29, 1.82) is 0 Å². The van der Waals surface area contributed by atoms with Gasteiger partial charge in [-0.1, -0.05) is 41.7 Å². The summed E-state index contributed by atoms with van der Waals surface area (Å²) in [7, 11) is 0. The number of nitrogens with one attached hydrogen (secondary N) is 1. The summed E-state index contributed by atoms with van der Waals surface area (Å²) in [5, 5.41) is 4.91. The zero-order valence-electron chi connectivity index (χ0n) is 10.6.